The third-order valence-corrected chi connectivity index (χ3v) is 5.02. The Bertz CT molecular complexity index is 1030. The molecule has 3 rings (SSSR count). The first kappa shape index (κ1) is 22.3. The van der Waals surface area contributed by atoms with E-state index >= 15 is 0 Å². The number of nitrogens with two attached hydrogens (primary N) is 1. The normalized spacial score (nSPS) is 11.6. The molecule has 6 nitrogen and oxygen atoms in total. The standard InChI is InChI=1S/C25H27NO5/c1-29-24-11-10-17(12-21(24)18-7-5-8-19(13-18)22(26)15-27)16-31-23-9-4-3-6-20(23)14-25(28)30-2/h3-13,22,27H,14-16,26H2,1-2H3/t22-/m1/s1. The number of carbonyl (C=O) groups is 1. The lowest BCUT2D eigenvalue weighted by Crippen LogP contribution is -2.14. The number of ether oxygens (including phenoxy) is 3. The lowest BCUT2D eigenvalue weighted by molar-refractivity contribution is -0.139. The summed E-state index contributed by atoms with van der Waals surface area (Å²) in [6.45, 7) is 0.199. The van der Waals surface area contributed by atoms with Crippen molar-refractivity contribution in [3.05, 3.63) is 83.4 Å². The lowest BCUT2D eigenvalue weighted by Gasteiger charge is -2.15. The molecule has 0 bridgehead atoms. The van der Waals surface area contributed by atoms with Gasteiger partial charge in [0.15, 0.2) is 0 Å². The van der Waals surface area contributed by atoms with Crippen LogP contribution in [0.5, 0.6) is 11.5 Å². The number of carbonyl (C=O) groups excluding carboxylic acids is 1. The van der Waals surface area contributed by atoms with E-state index in [9.17, 15) is 9.90 Å². The smallest absolute Gasteiger partial charge is 0.310 e. The molecule has 162 valence electrons. The molecule has 0 spiro atoms. The summed E-state index contributed by atoms with van der Waals surface area (Å²) in [5.41, 5.74) is 10.4. The Morgan fingerprint density at radius 2 is 1.81 bits per heavy atom. The van der Waals surface area contributed by atoms with Crippen molar-refractivity contribution in [1.82, 2.24) is 0 Å². The molecule has 0 radical (unpaired) electrons. The first-order valence-corrected chi connectivity index (χ1v) is 9.97. The molecule has 0 aliphatic heterocycles. The highest BCUT2D eigenvalue weighted by Crippen LogP contribution is 2.32. The molecular formula is C25H27NO5. The molecule has 3 aromatic carbocycles. The summed E-state index contributed by atoms with van der Waals surface area (Å²) in [7, 11) is 2.99. The second-order valence-electron chi connectivity index (χ2n) is 7.10. The predicted octanol–water partition coefficient (Wildman–Crippen LogP) is 3.65. The lowest BCUT2D eigenvalue weighted by atomic mass is 9.98. The van der Waals surface area contributed by atoms with Gasteiger partial charge in [0.25, 0.3) is 0 Å². The summed E-state index contributed by atoms with van der Waals surface area (Å²) in [6, 6.07) is 20.5. The third-order valence-electron chi connectivity index (χ3n) is 5.02. The predicted molar refractivity (Wildman–Crippen MR) is 119 cm³/mol. The van der Waals surface area contributed by atoms with Gasteiger partial charge in [-0.1, -0.05) is 42.5 Å². The number of methoxy groups -OCH3 is 2. The monoisotopic (exact) mass is 421 g/mol. The minimum absolute atomic E-state index is 0.126. The Hall–Kier alpha value is -3.35. The molecule has 0 aromatic heterocycles. The van der Waals surface area contributed by atoms with E-state index in [2.05, 4.69) is 0 Å². The van der Waals surface area contributed by atoms with Gasteiger partial charge in [0.1, 0.15) is 18.1 Å². The topological polar surface area (TPSA) is 91.0 Å². The molecule has 0 saturated heterocycles. The van der Waals surface area contributed by atoms with Crippen molar-refractivity contribution >= 4 is 5.97 Å². The van der Waals surface area contributed by atoms with Crippen LogP contribution in [0.15, 0.2) is 66.7 Å². The van der Waals surface area contributed by atoms with Crippen LogP contribution in [0.25, 0.3) is 11.1 Å². The van der Waals surface area contributed by atoms with E-state index in [-0.39, 0.29) is 19.0 Å². The van der Waals surface area contributed by atoms with Gasteiger partial charge in [-0.2, -0.15) is 0 Å². The minimum atomic E-state index is -0.441. The van der Waals surface area contributed by atoms with Gasteiger partial charge in [-0.25, -0.2) is 0 Å². The summed E-state index contributed by atoms with van der Waals surface area (Å²) in [5.74, 6) is 1.05. The second-order valence-corrected chi connectivity index (χ2v) is 7.10. The SMILES string of the molecule is COC(=O)Cc1ccccc1OCc1ccc(OC)c(-c2cccc([C@H](N)CO)c2)c1. The number of para-hydroxylation sites is 1. The van der Waals surface area contributed by atoms with Gasteiger partial charge in [-0.05, 0) is 41.0 Å². The van der Waals surface area contributed by atoms with Gasteiger partial charge in [-0.15, -0.1) is 0 Å². The number of hydrogen-bond donors (Lipinski definition) is 2. The molecule has 0 unspecified atom stereocenters. The van der Waals surface area contributed by atoms with Crippen molar-refractivity contribution in [3.8, 4) is 22.6 Å². The van der Waals surface area contributed by atoms with Gasteiger partial charge in [0.2, 0.25) is 0 Å². The molecule has 6 heteroatoms. The Morgan fingerprint density at radius 1 is 1.00 bits per heavy atom. The van der Waals surface area contributed by atoms with Crippen molar-refractivity contribution < 1.29 is 24.1 Å². The summed E-state index contributed by atoms with van der Waals surface area (Å²) in [4.78, 5) is 11.7. The van der Waals surface area contributed by atoms with Gasteiger partial charge < -0.3 is 25.1 Å². The van der Waals surface area contributed by atoms with E-state index in [0.29, 0.717) is 12.4 Å². The van der Waals surface area contributed by atoms with Gasteiger partial charge in [0, 0.05) is 11.1 Å². The quantitative estimate of drug-likeness (QED) is 0.513. The minimum Gasteiger partial charge on any atom is -0.496 e. The summed E-state index contributed by atoms with van der Waals surface area (Å²) < 4.78 is 16.3. The maximum Gasteiger partial charge on any atom is 0.310 e. The number of benzene rings is 3. The van der Waals surface area contributed by atoms with Crippen molar-refractivity contribution in [2.24, 2.45) is 5.73 Å². The number of hydrogen-bond acceptors (Lipinski definition) is 6. The van der Waals surface area contributed by atoms with Crippen LogP contribution >= 0.6 is 0 Å². The van der Waals surface area contributed by atoms with Crippen LogP contribution in [0.2, 0.25) is 0 Å². The molecule has 0 aliphatic rings. The summed E-state index contributed by atoms with van der Waals surface area (Å²) >= 11 is 0. The summed E-state index contributed by atoms with van der Waals surface area (Å²) in [5, 5.41) is 9.37. The van der Waals surface area contributed by atoms with E-state index in [1.165, 1.54) is 7.11 Å². The van der Waals surface area contributed by atoms with E-state index in [0.717, 1.165) is 33.6 Å². The second kappa shape index (κ2) is 10.6. The fourth-order valence-electron chi connectivity index (χ4n) is 3.29. The zero-order valence-electron chi connectivity index (χ0n) is 17.7. The zero-order valence-corrected chi connectivity index (χ0v) is 17.7. The van der Waals surface area contributed by atoms with Crippen LogP contribution in [-0.2, 0) is 22.6 Å². The van der Waals surface area contributed by atoms with Crippen molar-refractivity contribution in [1.29, 1.82) is 0 Å². The molecule has 31 heavy (non-hydrogen) atoms. The molecule has 0 saturated carbocycles. The average Bonchev–Trinajstić information content (AvgIpc) is 2.82. The van der Waals surface area contributed by atoms with Crippen LogP contribution in [0.1, 0.15) is 22.7 Å². The highest BCUT2D eigenvalue weighted by atomic mass is 16.5. The highest BCUT2D eigenvalue weighted by molar-refractivity contribution is 5.73. The largest absolute Gasteiger partial charge is 0.496 e. The Labute approximate surface area is 182 Å². The average molecular weight is 421 g/mol. The number of aliphatic hydroxyl groups is 1. The van der Waals surface area contributed by atoms with E-state index in [4.69, 9.17) is 19.9 Å². The Morgan fingerprint density at radius 3 is 2.55 bits per heavy atom. The van der Waals surface area contributed by atoms with Crippen LogP contribution in [0.3, 0.4) is 0 Å². The molecule has 0 heterocycles. The fourth-order valence-corrected chi connectivity index (χ4v) is 3.29. The maximum absolute atomic E-state index is 11.7. The first-order valence-electron chi connectivity index (χ1n) is 9.97. The van der Waals surface area contributed by atoms with Crippen molar-refractivity contribution in [3.63, 3.8) is 0 Å². The zero-order chi connectivity index (χ0) is 22.2. The molecular weight excluding hydrogens is 394 g/mol. The number of esters is 1. The first-order chi connectivity index (χ1) is 15.0. The van der Waals surface area contributed by atoms with E-state index in [1.807, 2.05) is 66.7 Å². The molecule has 0 fully saturated rings. The van der Waals surface area contributed by atoms with Crippen LogP contribution in [-0.4, -0.2) is 31.9 Å². The molecule has 3 aromatic rings. The number of aliphatic hydroxyl groups excluding tert-OH is 1. The molecule has 0 amide bonds. The summed E-state index contributed by atoms with van der Waals surface area (Å²) in [6.07, 6.45) is 0.151. The van der Waals surface area contributed by atoms with Gasteiger partial charge in [-0.3, -0.25) is 4.79 Å². The number of rotatable bonds is 9. The molecule has 3 N–H and O–H groups in total. The van der Waals surface area contributed by atoms with Crippen molar-refractivity contribution in [2.45, 2.75) is 19.1 Å². The van der Waals surface area contributed by atoms with Crippen molar-refractivity contribution in [2.75, 3.05) is 20.8 Å². The van der Waals surface area contributed by atoms with E-state index < -0.39 is 6.04 Å². The molecule has 1 atom stereocenters. The van der Waals surface area contributed by atoms with Crippen LogP contribution < -0.4 is 15.2 Å². The third kappa shape index (κ3) is 5.63. The van der Waals surface area contributed by atoms with Crippen LogP contribution in [0.4, 0.5) is 0 Å². The van der Waals surface area contributed by atoms with Crippen LogP contribution in [0, 0.1) is 0 Å². The molecule has 0 aliphatic carbocycles. The van der Waals surface area contributed by atoms with Gasteiger partial charge >= 0.3 is 5.97 Å². The maximum atomic E-state index is 11.7. The Kier molecular flexibility index (Phi) is 7.65. The van der Waals surface area contributed by atoms with Gasteiger partial charge in [0.05, 0.1) is 33.3 Å². The highest BCUT2D eigenvalue weighted by Gasteiger charge is 2.12. The fraction of sp³-hybridized carbons (Fsp3) is 0.240. The Balaban J connectivity index is 1.85. The van der Waals surface area contributed by atoms with E-state index in [1.54, 1.807) is 7.11 Å².